The number of rotatable bonds is 4. The summed E-state index contributed by atoms with van der Waals surface area (Å²) in [5.74, 6) is -0.634. The highest BCUT2D eigenvalue weighted by molar-refractivity contribution is 14.1. The number of carbonyl (C=O) groups is 2. The Labute approximate surface area is 186 Å². The Balaban J connectivity index is 2.22. The van der Waals surface area contributed by atoms with Gasteiger partial charge in [0.25, 0.3) is 0 Å². The zero-order valence-corrected chi connectivity index (χ0v) is 20.2. The van der Waals surface area contributed by atoms with Crippen molar-refractivity contribution >= 4 is 34.7 Å². The van der Waals surface area contributed by atoms with E-state index < -0.39 is 5.75 Å². The standard InChI is InChI=1S/C23H31IO5/c1-11(2)7-15(26)18-19(27)13-8-12(3)23(6)17(9-16(24)22(23,4)5)29-21(13)14(10-25)20(18)28/h10-12,16-17,27-28H,7-9H2,1-6H3/t12-,16+,17-,23-/m1/s1. The Morgan fingerprint density at radius 2 is 1.90 bits per heavy atom. The van der Waals surface area contributed by atoms with Crippen LogP contribution in [0.5, 0.6) is 17.2 Å². The second-order valence-corrected chi connectivity index (χ2v) is 11.4. The van der Waals surface area contributed by atoms with Gasteiger partial charge in [-0.25, -0.2) is 0 Å². The molecule has 4 atom stereocenters. The second-order valence-electron chi connectivity index (χ2n) is 9.85. The predicted octanol–water partition coefficient (Wildman–Crippen LogP) is 5.32. The first-order valence-electron chi connectivity index (χ1n) is 10.3. The lowest BCUT2D eigenvalue weighted by molar-refractivity contribution is -0.0153. The maximum absolute atomic E-state index is 12.7. The molecule has 0 radical (unpaired) electrons. The van der Waals surface area contributed by atoms with Crippen LogP contribution in [0.2, 0.25) is 0 Å². The molecular formula is C23H31IO5. The first-order chi connectivity index (χ1) is 13.4. The van der Waals surface area contributed by atoms with E-state index in [-0.39, 0.29) is 63.6 Å². The molecule has 1 aliphatic heterocycles. The SMILES string of the molecule is CC(C)CC(=O)c1c(O)c(C=O)c2c(c1O)C[C@@H](C)[C@]1(C)[C@@H](C[C@H](I)C1(C)C)O2. The van der Waals surface area contributed by atoms with Crippen molar-refractivity contribution in [2.75, 3.05) is 0 Å². The number of ketones is 1. The molecule has 1 heterocycles. The van der Waals surface area contributed by atoms with Gasteiger partial charge in [-0.3, -0.25) is 9.59 Å². The molecule has 0 amide bonds. The quantitative estimate of drug-likeness (QED) is 0.246. The fraction of sp³-hybridized carbons (Fsp3) is 0.652. The molecule has 5 nitrogen and oxygen atoms in total. The van der Waals surface area contributed by atoms with Crippen molar-refractivity contribution in [2.24, 2.45) is 22.7 Å². The van der Waals surface area contributed by atoms with Crippen LogP contribution < -0.4 is 4.74 Å². The smallest absolute Gasteiger partial charge is 0.170 e. The molecule has 0 aromatic heterocycles. The lowest BCUT2D eigenvalue weighted by Crippen LogP contribution is -2.46. The molecule has 0 unspecified atom stereocenters. The minimum atomic E-state index is -0.471. The Bertz CT molecular complexity index is 860. The molecule has 0 saturated heterocycles. The molecule has 6 heteroatoms. The van der Waals surface area contributed by atoms with Gasteiger partial charge in [-0.05, 0) is 30.1 Å². The Kier molecular flexibility index (Phi) is 5.73. The number of hydrogen-bond acceptors (Lipinski definition) is 5. The van der Waals surface area contributed by atoms with Gasteiger partial charge in [0.2, 0.25) is 0 Å². The Morgan fingerprint density at radius 1 is 1.28 bits per heavy atom. The first kappa shape index (κ1) is 22.4. The lowest BCUT2D eigenvalue weighted by atomic mass is 9.60. The molecule has 1 aromatic carbocycles. The van der Waals surface area contributed by atoms with Gasteiger partial charge in [-0.2, -0.15) is 0 Å². The number of Topliss-reactive ketones (excluding diaryl/α,β-unsaturated/α-hetero) is 1. The number of alkyl halides is 1. The predicted molar refractivity (Wildman–Crippen MR) is 121 cm³/mol. The average molecular weight is 514 g/mol. The third-order valence-electron chi connectivity index (χ3n) is 7.58. The zero-order valence-electron chi connectivity index (χ0n) is 18.0. The van der Waals surface area contributed by atoms with Gasteiger partial charge in [-0.15, -0.1) is 0 Å². The summed E-state index contributed by atoms with van der Waals surface area (Å²) in [5, 5.41) is 21.7. The van der Waals surface area contributed by atoms with E-state index in [9.17, 15) is 19.8 Å². The van der Waals surface area contributed by atoms with E-state index >= 15 is 0 Å². The number of fused-ring (bicyclic) bond motifs is 2. The van der Waals surface area contributed by atoms with Crippen molar-refractivity contribution < 1.29 is 24.5 Å². The van der Waals surface area contributed by atoms with Crippen molar-refractivity contribution in [1.82, 2.24) is 0 Å². The maximum atomic E-state index is 12.7. The number of phenols is 2. The van der Waals surface area contributed by atoms with Gasteiger partial charge in [0.05, 0.1) is 5.56 Å². The second kappa shape index (κ2) is 7.43. The number of carbonyl (C=O) groups excluding carboxylic acids is 2. The molecule has 1 aliphatic carbocycles. The van der Waals surface area contributed by atoms with E-state index in [0.717, 1.165) is 6.42 Å². The Morgan fingerprint density at radius 3 is 2.45 bits per heavy atom. The van der Waals surface area contributed by atoms with Gasteiger partial charge >= 0.3 is 0 Å². The van der Waals surface area contributed by atoms with Crippen molar-refractivity contribution in [2.45, 2.75) is 70.8 Å². The molecular weight excluding hydrogens is 483 g/mol. The third-order valence-corrected chi connectivity index (χ3v) is 9.64. The third kappa shape index (κ3) is 3.17. The molecule has 1 saturated carbocycles. The van der Waals surface area contributed by atoms with Gasteiger partial charge in [0.1, 0.15) is 28.9 Å². The summed E-state index contributed by atoms with van der Waals surface area (Å²) >= 11 is 2.48. The first-order valence-corrected chi connectivity index (χ1v) is 11.5. The normalized spacial score (nSPS) is 30.3. The fourth-order valence-corrected chi connectivity index (χ4v) is 6.34. The lowest BCUT2D eigenvalue weighted by Gasteiger charge is -2.46. The number of ether oxygens (including phenoxy) is 1. The summed E-state index contributed by atoms with van der Waals surface area (Å²) < 4.78 is 6.79. The summed E-state index contributed by atoms with van der Waals surface area (Å²) in [6.07, 6.45) is 1.87. The molecule has 2 aliphatic rings. The van der Waals surface area contributed by atoms with E-state index in [2.05, 4.69) is 50.3 Å². The van der Waals surface area contributed by atoms with Crippen molar-refractivity contribution in [1.29, 1.82) is 0 Å². The molecule has 3 rings (SSSR count). The van der Waals surface area contributed by atoms with Crippen LogP contribution in [-0.2, 0) is 6.42 Å². The largest absolute Gasteiger partial charge is 0.507 e. The minimum Gasteiger partial charge on any atom is -0.507 e. The van der Waals surface area contributed by atoms with Crippen molar-refractivity contribution in [3.8, 4) is 17.2 Å². The van der Waals surface area contributed by atoms with Crippen LogP contribution in [0.1, 0.15) is 80.7 Å². The summed E-state index contributed by atoms with van der Waals surface area (Å²) in [7, 11) is 0. The van der Waals surface area contributed by atoms with Crippen LogP contribution >= 0.6 is 22.6 Å². The summed E-state index contributed by atoms with van der Waals surface area (Å²) in [6.45, 7) is 12.6. The molecule has 0 bridgehead atoms. The Hall–Kier alpha value is -1.31. The van der Waals surface area contributed by atoms with E-state index in [1.54, 1.807) is 0 Å². The summed E-state index contributed by atoms with van der Waals surface area (Å²) in [4.78, 5) is 24.7. The molecule has 1 fully saturated rings. The maximum Gasteiger partial charge on any atom is 0.170 e. The van der Waals surface area contributed by atoms with Crippen LogP contribution in [0.4, 0.5) is 0 Å². The van der Waals surface area contributed by atoms with E-state index in [1.807, 2.05) is 13.8 Å². The zero-order chi connectivity index (χ0) is 21.9. The highest BCUT2D eigenvalue weighted by Gasteiger charge is 2.61. The van der Waals surface area contributed by atoms with E-state index in [0.29, 0.717) is 22.2 Å². The molecule has 29 heavy (non-hydrogen) atoms. The van der Waals surface area contributed by atoms with E-state index in [4.69, 9.17) is 4.74 Å². The molecule has 0 spiro atoms. The monoisotopic (exact) mass is 514 g/mol. The van der Waals surface area contributed by atoms with Crippen LogP contribution in [0, 0.1) is 22.7 Å². The number of benzene rings is 1. The minimum absolute atomic E-state index is 0.0189. The van der Waals surface area contributed by atoms with Crippen LogP contribution in [0.3, 0.4) is 0 Å². The molecule has 2 N–H and O–H groups in total. The van der Waals surface area contributed by atoms with Gasteiger partial charge in [0.15, 0.2) is 12.1 Å². The van der Waals surface area contributed by atoms with Crippen LogP contribution in [0.25, 0.3) is 0 Å². The fourth-order valence-electron chi connectivity index (χ4n) is 5.21. The number of phenolic OH excluding ortho intramolecular Hbond substituents is 2. The number of aldehydes is 1. The van der Waals surface area contributed by atoms with Gasteiger partial charge < -0.3 is 14.9 Å². The van der Waals surface area contributed by atoms with Gasteiger partial charge in [-0.1, -0.05) is 64.1 Å². The van der Waals surface area contributed by atoms with Crippen LogP contribution in [0.15, 0.2) is 0 Å². The van der Waals surface area contributed by atoms with Crippen molar-refractivity contribution in [3.05, 3.63) is 16.7 Å². The number of aromatic hydroxyl groups is 2. The van der Waals surface area contributed by atoms with E-state index in [1.165, 1.54) is 0 Å². The molecule has 1 aromatic rings. The topological polar surface area (TPSA) is 83.8 Å². The van der Waals surface area contributed by atoms with Crippen LogP contribution in [-0.4, -0.2) is 32.3 Å². The molecule has 160 valence electrons. The summed E-state index contributed by atoms with van der Waals surface area (Å²) in [6, 6.07) is 0. The highest BCUT2D eigenvalue weighted by atomic mass is 127. The van der Waals surface area contributed by atoms with Gasteiger partial charge in [0, 0.05) is 21.3 Å². The van der Waals surface area contributed by atoms with Crippen molar-refractivity contribution in [3.63, 3.8) is 0 Å². The highest BCUT2D eigenvalue weighted by Crippen LogP contribution is 2.63. The summed E-state index contributed by atoms with van der Waals surface area (Å²) in [5.41, 5.74) is 0.0626. The average Bonchev–Trinajstić information content (AvgIpc) is 2.71. The number of hydrogen-bond donors (Lipinski definition) is 2. The number of halogens is 1.